The zero-order chi connectivity index (χ0) is 12.8. The van der Waals surface area contributed by atoms with Crippen LogP contribution in [0.2, 0.25) is 0 Å². The van der Waals surface area contributed by atoms with Gasteiger partial charge in [0.25, 0.3) is 0 Å². The standard InChI is InChI=1S/C13H17BrN2O2/c14-11-2-1-3-12(6-11)16-13(17)9-18-8-10-4-5-15-7-10/h1-3,6,10,15H,4-5,7-9H2,(H,16,17). The fourth-order valence-electron chi connectivity index (χ4n) is 1.94. The van der Waals surface area contributed by atoms with E-state index in [9.17, 15) is 4.79 Å². The van der Waals surface area contributed by atoms with Gasteiger partial charge in [0.1, 0.15) is 6.61 Å². The molecule has 2 rings (SSSR count). The highest BCUT2D eigenvalue weighted by Crippen LogP contribution is 2.15. The molecule has 1 aromatic rings. The molecule has 4 nitrogen and oxygen atoms in total. The molecule has 1 aliphatic rings. The van der Waals surface area contributed by atoms with Crippen molar-refractivity contribution in [1.29, 1.82) is 0 Å². The maximum absolute atomic E-state index is 11.6. The van der Waals surface area contributed by atoms with Gasteiger partial charge in [-0.1, -0.05) is 22.0 Å². The summed E-state index contributed by atoms with van der Waals surface area (Å²) in [6.07, 6.45) is 1.13. The Morgan fingerprint density at radius 3 is 3.17 bits per heavy atom. The van der Waals surface area contributed by atoms with Crippen molar-refractivity contribution in [1.82, 2.24) is 5.32 Å². The quantitative estimate of drug-likeness (QED) is 0.874. The lowest BCUT2D eigenvalue weighted by Gasteiger charge is -2.09. The number of rotatable bonds is 5. The van der Waals surface area contributed by atoms with Crippen LogP contribution in [-0.2, 0) is 9.53 Å². The Hall–Kier alpha value is -0.910. The summed E-state index contributed by atoms with van der Waals surface area (Å²) in [4.78, 5) is 11.6. The minimum absolute atomic E-state index is 0.112. The van der Waals surface area contributed by atoms with Crippen LogP contribution in [0.4, 0.5) is 5.69 Å². The summed E-state index contributed by atoms with van der Waals surface area (Å²) in [5.74, 6) is 0.433. The Labute approximate surface area is 115 Å². The SMILES string of the molecule is O=C(COCC1CCNC1)Nc1cccc(Br)c1. The predicted octanol–water partition coefficient (Wildman–Crippen LogP) is 2.01. The molecule has 98 valence electrons. The molecule has 0 aromatic heterocycles. The van der Waals surface area contributed by atoms with Crippen molar-refractivity contribution in [2.45, 2.75) is 6.42 Å². The minimum atomic E-state index is -0.112. The predicted molar refractivity (Wildman–Crippen MR) is 74.6 cm³/mol. The third-order valence-corrected chi connectivity index (χ3v) is 3.35. The number of halogens is 1. The monoisotopic (exact) mass is 312 g/mol. The average Bonchev–Trinajstić information content (AvgIpc) is 2.82. The van der Waals surface area contributed by atoms with Crippen LogP contribution in [-0.4, -0.2) is 32.2 Å². The van der Waals surface area contributed by atoms with Crippen LogP contribution in [0.1, 0.15) is 6.42 Å². The third-order valence-electron chi connectivity index (χ3n) is 2.86. The van der Waals surface area contributed by atoms with Gasteiger partial charge in [-0.15, -0.1) is 0 Å². The van der Waals surface area contributed by atoms with Crippen molar-refractivity contribution >= 4 is 27.5 Å². The largest absolute Gasteiger partial charge is 0.371 e. The summed E-state index contributed by atoms with van der Waals surface area (Å²) in [6, 6.07) is 7.51. The average molecular weight is 313 g/mol. The summed E-state index contributed by atoms with van der Waals surface area (Å²) in [5.41, 5.74) is 0.778. The molecule has 0 aliphatic carbocycles. The molecule has 1 aliphatic heterocycles. The summed E-state index contributed by atoms with van der Waals surface area (Å²) in [6.45, 7) is 2.81. The number of carbonyl (C=O) groups excluding carboxylic acids is 1. The van der Waals surface area contributed by atoms with Gasteiger partial charge >= 0.3 is 0 Å². The lowest BCUT2D eigenvalue weighted by Crippen LogP contribution is -2.21. The van der Waals surface area contributed by atoms with E-state index in [-0.39, 0.29) is 12.5 Å². The molecule has 5 heteroatoms. The first-order chi connectivity index (χ1) is 8.74. The van der Waals surface area contributed by atoms with Gasteiger partial charge in [0, 0.05) is 16.7 Å². The second-order valence-electron chi connectivity index (χ2n) is 4.43. The van der Waals surface area contributed by atoms with Crippen molar-refractivity contribution < 1.29 is 9.53 Å². The van der Waals surface area contributed by atoms with E-state index in [1.54, 1.807) is 0 Å². The Bertz CT molecular complexity index is 406. The number of hydrogen-bond acceptors (Lipinski definition) is 3. The molecule has 18 heavy (non-hydrogen) atoms. The van der Waals surface area contributed by atoms with E-state index in [1.807, 2.05) is 24.3 Å². The van der Waals surface area contributed by atoms with Gasteiger partial charge in [-0.2, -0.15) is 0 Å². The maximum atomic E-state index is 11.6. The second kappa shape index (κ2) is 6.87. The number of nitrogens with one attached hydrogen (secondary N) is 2. The van der Waals surface area contributed by atoms with Crippen molar-refractivity contribution in [2.24, 2.45) is 5.92 Å². The van der Waals surface area contributed by atoms with Crippen LogP contribution in [0.3, 0.4) is 0 Å². The number of amides is 1. The van der Waals surface area contributed by atoms with E-state index in [4.69, 9.17) is 4.74 Å². The minimum Gasteiger partial charge on any atom is -0.371 e. The smallest absolute Gasteiger partial charge is 0.250 e. The summed E-state index contributed by atoms with van der Waals surface area (Å²) in [5, 5.41) is 6.07. The molecule has 0 saturated carbocycles. The van der Waals surface area contributed by atoms with E-state index in [2.05, 4.69) is 26.6 Å². The number of hydrogen-bond donors (Lipinski definition) is 2. The van der Waals surface area contributed by atoms with E-state index in [0.29, 0.717) is 12.5 Å². The van der Waals surface area contributed by atoms with Gasteiger partial charge in [0.2, 0.25) is 5.91 Å². The molecule has 0 bridgehead atoms. The molecular weight excluding hydrogens is 296 g/mol. The van der Waals surface area contributed by atoms with Crippen LogP contribution >= 0.6 is 15.9 Å². The first-order valence-electron chi connectivity index (χ1n) is 6.08. The Morgan fingerprint density at radius 2 is 2.44 bits per heavy atom. The molecule has 1 unspecified atom stereocenters. The first kappa shape index (κ1) is 13.5. The fourth-order valence-corrected chi connectivity index (χ4v) is 2.34. The van der Waals surface area contributed by atoms with Crippen LogP contribution in [0, 0.1) is 5.92 Å². The molecule has 1 aromatic carbocycles. The summed E-state index contributed by atoms with van der Waals surface area (Å²) >= 11 is 3.36. The molecule has 1 amide bonds. The number of anilines is 1. The highest BCUT2D eigenvalue weighted by atomic mass is 79.9. The second-order valence-corrected chi connectivity index (χ2v) is 5.35. The topological polar surface area (TPSA) is 50.4 Å². The van der Waals surface area contributed by atoms with Gasteiger partial charge < -0.3 is 15.4 Å². The van der Waals surface area contributed by atoms with E-state index in [0.717, 1.165) is 29.7 Å². The maximum Gasteiger partial charge on any atom is 0.250 e. The van der Waals surface area contributed by atoms with Gasteiger partial charge in [0.05, 0.1) is 6.61 Å². The lowest BCUT2D eigenvalue weighted by molar-refractivity contribution is -0.121. The molecule has 2 N–H and O–H groups in total. The summed E-state index contributed by atoms with van der Waals surface area (Å²) in [7, 11) is 0. The number of ether oxygens (including phenoxy) is 1. The van der Waals surface area contributed by atoms with Crippen molar-refractivity contribution in [3.8, 4) is 0 Å². The highest BCUT2D eigenvalue weighted by molar-refractivity contribution is 9.10. The van der Waals surface area contributed by atoms with Gasteiger partial charge in [-0.25, -0.2) is 0 Å². The van der Waals surface area contributed by atoms with Gasteiger partial charge in [-0.3, -0.25) is 4.79 Å². The Kier molecular flexibility index (Phi) is 5.16. The third kappa shape index (κ3) is 4.40. The molecular formula is C13H17BrN2O2. The molecule has 0 spiro atoms. The van der Waals surface area contributed by atoms with Crippen molar-refractivity contribution in [3.63, 3.8) is 0 Å². The van der Waals surface area contributed by atoms with Gasteiger partial charge in [-0.05, 0) is 37.1 Å². The Balaban J connectivity index is 1.68. The van der Waals surface area contributed by atoms with Crippen LogP contribution < -0.4 is 10.6 Å². The van der Waals surface area contributed by atoms with E-state index >= 15 is 0 Å². The van der Waals surface area contributed by atoms with Crippen LogP contribution in [0.15, 0.2) is 28.7 Å². The van der Waals surface area contributed by atoms with Crippen LogP contribution in [0.25, 0.3) is 0 Å². The summed E-state index contributed by atoms with van der Waals surface area (Å²) < 4.78 is 6.36. The van der Waals surface area contributed by atoms with Crippen LogP contribution in [0.5, 0.6) is 0 Å². The van der Waals surface area contributed by atoms with Gasteiger partial charge in [0.15, 0.2) is 0 Å². The molecule has 1 atom stereocenters. The molecule has 1 fully saturated rings. The first-order valence-corrected chi connectivity index (χ1v) is 6.87. The zero-order valence-electron chi connectivity index (χ0n) is 10.1. The molecule has 1 heterocycles. The van der Waals surface area contributed by atoms with Crippen molar-refractivity contribution in [2.75, 3.05) is 31.6 Å². The number of benzene rings is 1. The number of carbonyl (C=O) groups is 1. The molecule has 0 radical (unpaired) electrons. The zero-order valence-corrected chi connectivity index (χ0v) is 11.7. The van der Waals surface area contributed by atoms with E-state index < -0.39 is 0 Å². The molecule has 1 saturated heterocycles. The van der Waals surface area contributed by atoms with Crippen molar-refractivity contribution in [3.05, 3.63) is 28.7 Å². The Morgan fingerprint density at radius 1 is 1.56 bits per heavy atom. The fraction of sp³-hybridized carbons (Fsp3) is 0.462. The highest BCUT2D eigenvalue weighted by Gasteiger charge is 2.14. The normalized spacial score (nSPS) is 18.8. The lowest BCUT2D eigenvalue weighted by atomic mass is 10.1. The van der Waals surface area contributed by atoms with E-state index in [1.165, 1.54) is 0 Å².